The number of rotatable bonds is 6. The minimum absolute atomic E-state index is 0.125. The Bertz CT molecular complexity index is 1060. The third-order valence-corrected chi connectivity index (χ3v) is 5.59. The molecule has 0 saturated carbocycles. The maximum absolute atomic E-state index is 11.5. The second kappa shape index (κ2) is 6.59. The molecule has 6 nitrogen and oxygen atoms in total. The minimum atomic E-state index is -0.334. The van der Waals surface area contributed by atoms with E-state index < -0.39 is 0 Å². The quantitative estimate of drug-likeness (QED) is 0.550. The molecule has 4 rings (SSSR count). The molecule has 134 valence electrons. The van der Waals surface area contributed by atoms with Gasteiger partial charge in [0.2, 0.25) is 5.91 Å². The molecule has 1 aromatic carbocycles. The van der Waals surface area contributed by atoms with E-state index in [4.69, 9.17) is 5.73 Å². The van der Waals surface area contributed by atoms with Gasteiger partial charge in [0.05, 0.1) is 5.69 Å². The Morgan fingerprint density at radius 2 is 2.19 bits per heavy atom. The summed E-state index contributed by atoms with van der Waals surface area (Å²) in [5.41, 5.74) is 9.75. The zero-order valence-electron chi connectivity index (χ0n) is 14.8. The summed E-state index contributed by atoms with van der Waals surface area (Å²) in [6, 6.07) is 8.25. The van der Waals surface area contributed by atoms with Crippen LogP contribution in [0.25, 0.3) is 15.9 Å². The molecule has 0 spiro atoms. The van der Waals surface area contributed by atoms with Crippen molar-refractivity contribution in [2.45, 2.75) is 33.0 Å². The van der Waals surface area contributed by atoms with Crippen LogP contribution in [0.15, 0.2) is 42.0 Å². The lowest BCUT2D eigenvalue weighted by molar-refractivity contribution is -0.118. The summed E-state index contributed by atoms with van der Waals surface area (Å²) < 4.78 is 4.04. The first-order chi connectivity index (χ1) is 12.5. The molecule has 0 fully saturated rings. The van der Waals surface area contributed by atoms with Crippen LogP contribution in [0.3, 0.4) is 0 Å². The number of carbonyl (C=O) groups is 1. The number of fused-ring (bicyclic) bond motifs is 2. The number of nitrogens with two attached hydrogens (primary N) is 1. The lowest BCUT2D eigenvalue weighted by Crippen LogP contribution is -2.21. The van der Waals surface area contributed by atoms with E-state index in [1.165, 1.54) is 5.56 Å². The number of hydrogen-bond donors (Lipinski definition) is 2. The number of aromatic nitrogens is 3. The lowest BCUT2D eigenvalue weighted by Gasteiger charge is -2.12. The van der Waals surface area contributed by atoms with E-state index in [2.05, 4.69) is 29.5 Å². The van der Waals surface area contributed by atoms with Gasteiger partial charge < -0.3 is 15.6 Å². The van der Waals surface area contributed by atoms with Crippen molar-refractivity contribution in [1.82, 2.24) is 19.3 Å². The number of thiazole rings is 1. The monoisotopic (exact) mass is 367 g/mol. The Morgan fingerprint density at radius 3 is 2.96 bits per heavy atom. The van der Waals surface area contributed by atoms with Crippen molar-refractivity contribution >= 4 is 33.1 Å². The number of hydrogen-bond acceptors (Lipinski definition) is 4. The van der Waals surface area contributed by atoms with E-state index in [0.29, 0.717) is 6.54 Å². The summed E-state index contributed by atoms with van der Waals surface area (Å²) in [6.45, 7) is 5.05. The normalized spacial score (nSPS) is 12.8. The van der Waals surface area contributed by atoms with Crippen molar-refractivity contribution in [3.63, 3.8) is 0 Å². The number of benzene rings is 1. The molecule has 3 heterocycles. The van der Waals surface area contributed by atoms with Gasteiger partial charge in [-0.3, -0.25) is 9.20 Å². The fourth-order valence-electron chi connectivity index (χ4n) is 3.40. The van der Waals surface area contributed by atoms with Crippen LogP contribution in [-0.4, -0.2) is 19.9 Å². The average Bonchev–Trinajstić information content (AvgIpc) is 3.27. The molecule has 26 heavy (non-hydrogen) atoms. The van der Waals surface area contributed by atoms with Crippen LogP contribution < -0.4 is 11.1 Å². The standard InChI is InChI=1S/C19H21N5OS/c1-12(16-10-23-7-8-26-19(23)22-16)21-9-15-13(2)24(11-18(20)25)17-6-4-3-5-14(15)17/h3-8,10,12,21H,9,11H2,1-2H3,(H2,20,25)/t12-/m1/s1. The van der Waals surface area contributed by atoms with Gasteiger partial charge in [-0.05, 0) is 25.5 Å². The van der Waals surface area contributed by atoms with Crippen LogP contribution in [0.5, 0.6) is 0 Å². The van der Waals surface area contributed by atoms with Gasteiger partial charge in [-0.1, -0.05) is 18.2 Å². The highest BCUT2D eigenvalue weighted by Crippen LogP contribution is 2.26. The van der Waals surface area contributed by atoms with Gasteiger partial charge in [0.1, 0.15) is 6.54 Å². The summed E-state index contributed by atoms with van der Waals surface area (Å²) in [5.74, 6) is -0.334. The van der Waals surface area contributed by atoms with Gasteiger partial charge in [-0.2, -0.15) is 0 Å². The molecular formula is C19H21N5OS. The van der Waals surface area contributed by atoms with Crippen LogP contribution in [0.4, 0.5) is 0 Å². The largest absolute Gasteiger partial charge is 0.368 e. The van der Waals surface area contributed by atoms with Crippen LogP contribution >= 0.6 is 11.3 Å². The number of imidazole rings is 1. The fraction of sp³-hybridized carbons (Fsp3) is 0.263. The van der Waals surface area contributed by atoms with Crippen molar-refractivity contribution in [2.75, 3.05) is 0 Å². The minimum Gasteiger partial charge on any atom is -0.368 e. The molecule has 0 bridgehead atoms. The van der Waals surface area contributed by atoms with Gasteiger partial charge in [-0.15, -0.1) is 11.3 Å². The number of para-hydroxylation sites is 1. The van der Waals surface area contributed by atoms with Crippen molar-refractivity contribution in [1.29, 1.82) is 0 Å². The molecule has 1 amide bonds. The molecule has 0 radical (unpaired) electrons. The third kappa shape index (κ3) is 2.89. The Labute approximate surface area is 155 Å². The molecule has 4 aromatic rings. The Balaban J connectivity index is 1.61. The molecular weight excluding hydrogens is 346 g/mol. The van der Waals surface area contributed by atoms with Gasteiger partial charge in [0.15, 0.2) is 4.96 Å². The van der Waals surface area contributed by atoms with E-state index in [1.807, 2.05) is 45.7 Å². The van der Waals surface area contributed by atoms with E-state index in [1.54, 1.807) is 11.3 Å². The highest BCUT2D eigenvalue weighted by Gasteiger charge is 2.16. The number of nitrogens with one attached hydrogen (secondary N) is 1. The van der Waals surface area contributed by atoms with Crippen LogP contribution in [0.2, 0.25) is 0 Å². The highest BCUT2D eigenvalue weighted by molar-refractivity contribution is 7.15. The summed E-state index contributed by atoms with van der Waals surface area (Å²) in [5, 5.41) is 6.74. The van der Waals surface area contributed by atoms with E-state index in [9.17, 15) is 4.79 Å². The Kier molecular flexibility index (Phi) is 4.26. The zero-order chi connectivity index (χ0) is 18.3. The van der Waals surface area contributed by atoms with E-state index >= 15 is 0 Å². The summed E-state index contributed by atoms with van der Waals surface area (Å²) in [6.07, 6.45) is 4.08. The van der Waals surface area contributed by atoms with E-state index in [-0.39, 0.29) is 18.5 Å². The second-order valence-corrected chi connectivity index (χ2v) is 7.37. The molecule has 3 N–H and O–H groups in total. The predicted octanol–water partition coefficient (Wildman–Crippen LogP) is 3.00. The smallest absolute Gasteiger partial charge is 0.237 e. The van der Waals surface area contributed by atoms with Crippen molar-refractivity contribution in [3.8, 4) is 0 Å². The predicted molar refractivity (Wildman–Crippen MR) is 104 cm³/mol. The first-order valence-corrected chi connectivity index (χ1v) is 9.43. The number of nitrogens with zero attached hydrogens (tertiary/aromatic N) is 3. The molecule has 3 aromatic heterocycles. The molecule has 0 aliphatic carbocycles. The number of carbonyl (C=O) groups excluding carboxylic acids is 1. The molecule has 0 saturated heterocycles. The maximum atomic E-state index is 11.5. The second-order valence-electron chi connectivity index (χ2n) is 6.49. The lowest BCUT2D eigenvalue weighted by atomic mass is 10.1. The van der Waals surface area contributed by atoms with E-state index in [0.717, 1.165) is 27.3 Å². The van der Waals surface area contributed by atoms with Gasteiger partial charge in [-0.25, -0.2) is 4.98 Å². The highest BCUT2D eigenvalue weighted by atomic mass is 32.1. The summed E-state index contributed by atoms with van der Waals surface area (Å²) in [7, 11) is 0. The molecule has 0 unspecified atom stereocenters. The summed E-state index contributed by atoms with van der Waals surface area (Å²) in [4.78, 5) is 17.1. The molecule has 0 aliphatic rings. The van der Waals surface area contributed by atoms with Crippen LogP contribution in [0, 0.1) is 6.92 Å². The SMILES string of the molecule is Cc1c(CN[C@H](C)c2cn3ccsc3n2)c2ccccc2n1CC(N)=O. The fourth-order valence-corrected chi connectivity index (χ4v) is 4.11. The third-order valence-electron chi connectivity index (χ3n) is 4.82. The van der Waals surface area contributed by atoms with Crippen molar-refractivity contribution < 1.29 is 4.79 Å². The van der Waals surface area contributed by atoms with Crippen molar-refractivity contribution in [2.24, 2.45) is 5.73 Å². The van der Waals surface area contributed by atoms with Gasteiger partial charge in [0.25, 0.3) is 0 Å². The van der Waals surface area contributed by atoms with Crippen LogP contribution in [-0.2, 0) is 17.9 Å². The van der Waals surface area contributed by atoms with Crippen molar-refractivity contribution in [3.05, 3.63) is 59.0 Å². The molecule has 7 heteroatoms. The Morgan fingerprint density at radius 1 is 1.38 bits per heavy atom. The maximum Gasteiger partial charge on any atom is 0.237 e. The summed E-state index contributed by atoms with van der Waals surface area (Å²) >= 11 is 1.63. The van der Waals surface area contributed by atoms with Gasteiger partial charge >= 0.3 is 0 Å². The number of primary amides is 1. The first kappa shape index (κ1) is 16.8. The number of amides is 1. The average molecular weight is 367 g/mol. The zero-order valence-corrected chi connectivity index (χ0v) is 15.6. The Hall–Kier alpha value is -2.64. The topological polar surface area (TPSA) is 77.3 Å². The molecule has 1 atom stereocenters. The molecule has 0 aliphatic heterocycles. The first-order valence-electron chi connectivity index (χ1n) is 8.55. The van der Waals surface area contributed by atoms with Gasteiger partial charge in [0, 0.05) is 47.0 Å². The van der Waals surface area contributed by atoms with Crippen LogP contribution in [0.1, 0.15) is 29.9 Å².